The third-order valence-electron chi connectivity index (χ3n) is 6.06. The molecule has 8 nitrogen and oxygen atoms in total. The maximum Gasteiger partial charge on any atom is 0.255 e. The lowest BCUT2D eigenvalue weighted by Gasteiger charge is -2.11. The van der Waals surface area contributed by atoms with Crippen LogP contribution < -0.4 is 14.8 Å². The second-order valence-corrected chi connectivity index (χ2v) is 9.67. The van der Waals surface area contributed by atoms with E-state index in [4.69, 9.17) is 9.47 Å². The first-order chi connectivity index (χ1) is 18.6. The summed E-state index contributed by atoms with van der Waals surface area (Å²) >= 11 is 1.59. The van der Waals surface area contributed by atoms with E-state index in [0.29, 0.717) is 28.5 Å². The number of hydrogen-bond donors (Lipinski definition) is 1. The maximum atomic E-state index is 12.8. The molecular weight excluding hydrogens is 498 g/mol. The molecule has 5 aromatic rings. The molecule has 0 saturated heterocycles. The highest BCUT2D eigenvalue weighted by Gasteiger charge is 2.17. The van der Waals surface area contributed by atoms with Crippen LogP contribution in [0.4, 0.5) is 5.69 Å². The first-order valence-electron chi connectivity index (χ1n) is 12.0. The molecule has 0 saturated carbocycles. The van der Waals surface area contributed by atoms with Crippen LogP contribution in [-0.4, -0.2) is 32.4 Å². The average molecular weight is 522 g/mol. The molecule has 3 heterocycles. The van der Waals surface area contributed by atoms with Crippen LogP contribution >= 0.6 is 11.8 Å². The van der Waals surface area contributed by atoms with Crippen LogP contribution in [0.2, 0.25) is 0 Å². The van der Waals surface area contributed by atoms with Crippen molar-refractivity contribution in [2.45, 2.75) is 17.8 Å². The normalized spacial score (nSPS) is 11.9. The predicted molar refractivity (Wildman–Crippen MR) is 146 cm³/mol. The van der Waals surface area contributed by atoms with Gasteiger partial charge in [-0.2, -0.15) is 0 Å². The largest absolute Gasteiger partial charge is 0.454 e. The summed E-state index contributed by atoms with van der Waals surface area (Å²) < 4.78 is 12.8. The minimum Gasteiger partial charge on any atom is -0.454 e. The van der Waals surface area contributed by atoms with Gasteiger partial charge in [0.05, 0.1) is 0 Å². The Kier molecular flexibility index (Phi) is 6.49. The van der Waals surface area contributed by atoms with E-state index in [1.165, 1.54) is 5.56 Å². The monoisotopic (exact) mass is 521 g/mol. The lowest BCUT2D eigenvalue weighted by Crippen LogP contribution is -2.11. The van der Waals surface area contributed by atoms with Gasteiger partial charge in [-0.15, -0.1) is 10.2 Å². The van der Waals surface area contributed by atoms with E-state index < -0.39 is 0 Å². The summed E-state index contributed by atoms with van der Waals surface area (Å²) in [5, 5.41) is 12.6. The molecule has 0 atom stereocenters. The minimum atomic E-state index is -0.191. The summed E-state index contributed by atoms with van der Waals surface area (Å²) in [6.45, 7) is 2.25. The molecule has 3 aromatic carbocycles. The van der Waals surface area contributed by atoms with Crippen molar-refractivity contribution < 1.29 is 14.3 Å². The Morgan fingerprint density at radius 2 is 1.79 bits per heavy atom. The fourth-order valence-electron chi connectivity index (χ4n) is 4.05. The molecule has 6 rings (SSSR count). The number of pyridine rings is 1. The zero-order valence-electron chi connectivity index (χ0n) is 20.5. The Morgan fingerprint density at radius 3 is 2.58 bits per heavy atom. The molecule has 9 heteroatoms. The molecule has 0 bridgehead atoms. The van der Waals surface area contributed by atoms with Gasteiger partial charge in [-0.05, 0) is 61.0 Å². The third kappa shape index (κ3) is 4.96. The van der Waals surface area contributed by atoms with Gasteiger partial charge in [0.15, 0.2) is 22.5 Å². The van der Waals surface area contributed by atoms with Crippen molar-refractivity contribution in [3.63, 3.8) is 0 Å². The number of fused-ring (bicyclic) bond motifs is 1. The molecule has 1 aliphatic heterocycles. The van der Waals surface area contributed by atoms with Crippen LogP contribution in [0.15, 0.2) is 96.4 Å². The first-order valence-corrected chi connectivity index (χ1v) is 13.0. The van der Waals surface area contributed by atoms with Crippen LogP contribution in [0, 0.1) is 6.92 Å². The molecule has 0 radical (unpaired) electrons. The van der Waals surface area contributed by atoms with Gasteiger partial charge in [0, 0.05) is 46.7 Å². The molecule has 0 fully saturated rings. The first kappa shape index (κ1) is 23.7. The molecule has 1 N–H and O–H groups in total. The number of benzene rings is 3. The molecule has 0 spiro atoms. The van der Waals surface area contributed by atoms with Crippen LogP contribution in [0.3, 0.4) is 0 Å². The smallest absolute Gasteiger partial charge is 0.255 e. The van der Waals surface area contributed by atoms with Gasteiger partial charge in [-0.1, -0.05) is 41.6 Å². The van der Waals surface area contributed by atoms with Crippen LogP contribution in [0.1, 0.15) is 21.5 Å². The van der Waals surface area contributed by atoms with E-state index >= 15 is 0 Å². The van der Waals surface area contributed by atoms with Crippen molar-refractivity contribution in [3.05, 3.63) is 108 Å². The quantitative estimate of drug-likeness (QED) is 0.266. The highest BCUT2D eigenvalue weighted by molar-refractivity contribution is 7.98. The lowest BCUT2D eigenvalue weighted by molar-refractivity contribution is 0.102. The van der Waals surface area contributed by atoms with E-state index in [0.717, 1.165) is 27.8 Å². The van der Waals surface area contributed by atoms with Crippen molar-refractivity contribution in [1.29, 1.82) is 0 Å². The second kappa shape index (κ2) is 10.4. The van der Waals surface area contributed by atoms with Crippen LogP contribution in [-0.2, 0) is 5.75 Å². The van der Waals surface area contributed by atoms with E-state index in [1.807, 2.05) is 41.0 Å². The SMILES string of the molecule is Cc1ccc(-n2c(SCc3ccc(C(=O)Nc4ccc5c(c4)OCO5)cc3)nnc2-c2cccnc2)cc1. The summed E-state index contributed by atoms with van der Waals surface area (Å²) in [4.78, 5) is 17.0. The number of anilines is 1. The Hall–Kier alpha value is -4.63. The summed E-state index contributed by atoms with van der Waals surface area (Å²) in [7, 11) is 0. The van der Waals surface area contributed by atoms with Gasteiger partial charge < -0.3 is 14.8 Å². The lowest BCUT2D eigenvalue weighted by atomic mass is 10.1. The van der Waals surface area contributed by atoms with Crippen molar-refractivity contribution in [2.75, 3.05) is 12.1 Å². The van der Waals surface area contributed by atoms with Crippen LogP contribution in [0.5, 0.6) is 11.5 Å². The summed E-state index contributed by atoms with van der Waals surface area (Å²) in [6, 6.07) is 25.0. The van der Waals surface area contributed by atoms with Crippen molar-refractivity contribution >= 4 is 23.4 Å². The van der Waals surface area contributed by atoms with E-state index in [-0.39, 0.29) is 12.7 Å². The van der Waals surface area contributed by atoms with Gasteiger partial charge in [0.2, 0.25) is 6.79 Å². The number of aryl methyl sites for hydroxylation is 1. The average Bonchev–Trinajstić information content (AvgIpc) is 3.60. The number of thioether (sulfide) groups is 1. The molecule has 38 heavy (non-hydrogen) atoms. The molecule has 2 aromatic heterocycles. The summed E-state index contributed by atoms with van der Waals surface area (Å²) in [5.74, 6) is 2.51. The Bertz CT molecular complexity index is 1590. The molecule has 1 aliphatic rings. The Labute approximate surface area is 223 Å². The second-order valence-electron chi connectivity index (χ2n) is 8.73. The van der Waals surface area contributed by atoms with Gasteiger partial charge in [0.1, 0.15) is 0 Å². The Balaban J connectivity index is 1.17. The number of aromatic nitrogens is 4. The fourth-order valence-corrected chi connectivity index (χ4v) is 4.96. The zero-order chi connectivity index (χ0) is 25.9. The minimum absolute atomic E-state index is 0.191. The number of nitrogens with one attached hydrogen (secondary N) is 1. The number of ether oxygens (including phenoxy) is 2. The molecule has 188 valence electrons. The number of carbonyl (C=O) groups is 1. The highest BCUT2D eigenvalue weighted by atomic mass is 32.2. The molecular formula is C29H23N5O3S. The molecule has 0 unspecified atom stereocenters. The van der Waals surface area contributed by atoms with E-state index in [9.17, 15) is 4.79 Å². The number of rotatable bonds is 7. The van der Waals surface area contributed by atoms with E-state index in [1.54, 1.807) is 42.4 Å². The van der Waals surface area contributed by atoms with Crippen molar-refractivity contribution in [2.24, 2.45) is 0 Å². The number of carbonyl (C=O) groups excluding carboxylic acids is 1. The standard InChI is InChI=1S/C29H23N5O3S/c1-19-4-11-24(12-5-19)34-27(22-3-2-14-30-16-22)32-33-29(34)38-17-20-6-8-21(9-7-20)28(35)31-23-10-13-25-26(15-23)37-18-36-25/h2-16H,17-18H2,1H3,(H,31,35). The number of nitrogens with zero attached hydrogens (tertiary/aromatic N) is 4. The maximum absolute atomic E-state index is 12.8. The van der Waals surface area contributed by atoms with Gasteiger partial charge in [0.25, 0.3) is 5.91 Å². The highest BCUT2D eigenvalue weighted by Crippen LogP contribution is 2.34. The Morgan fingerprint density at radius 1 is 0.974 bits per heavy atom. The summed E-state index contributed by atoms with van der Waals surface area (Å²) in [5.41, 5.74) is 5.34. The van der Waals surface area contributed by atoms with Gasteiger partial charge in [-0.3, -0.25) is 14.3 Å². The number of amides is 1. The molecule has 1 amide bonds. The third-order valence-corrected chi connectivity index (χ3v) is 7.06. The van der Waals surface area contributed by atoms with Gasteiger partial charge >= 0.3 is 0 Å². The zero-order valence-corrected chi connectivity index (χ0v) is 21.3. The predicted octanol–water partition coefficient (Wildman–Crippen LogP) is 5.91. The fraction of sp³-hybridized carbons (Fsp3) is 0.103. The molecule has 0 aliphatic carbocycles. The van der Waals surface area contributed by atoms with Gasteiger partial charge in [-0.25, -0.2) is 0 Å². The van der Waals surface area contributed by atoms with Crippen molar-refractivity contribution in [1.82, 2.24) is 19.7 Å². The topological polar surface area (TPSA) is 91.2 Å². The van der Waals surface area contributed by atoms with Crippen molar-refractivity contribution in [3.8, 4) is 28.6 Å². The summed E-state index contributed by atoms with van der Waals surface area (Å²) in [6.07, 6.45) is 3.53. The van der Waals surface area contributed by atoms with Crippen LogP contribution in [0.25, 0.3) is 17.1 Å². The van der Waals surface area contributed by atoms with E-state index in [2.05, 4.69) is 51.7 Å². The number of hydrogen-bond acceptors (Lipinski definition) is 7.